The minimum absolute atomic E-state index is 0. The molecule has 2 nitrogen and oxygen atoms in total. The van der Waals surface area contributed by atoms with Gasteiger partial charge < -0.3 is 5.21 Å². The fourth-order valence-electron chi connectivity index (χ4n) is 0.982. The van der Waals surface area contributed by atoms with Crippen LogP contribution >= 0.6 is 12.4 Å². The maximum absolute atomic E-state index is 12.2. The fourth-order valence-corrected chi connectivity index (χ4v) is 0.982. The Bertz CT molecular complexity index is 265. The highest BCUT2D eigenvalue weighted by atomic mass is 35.5. The molecule has 0 saturated carbocycles. The molecule has 1 rings (SSSR count). The quantitative estimate of drug-likeness (QED) is 0.762. The molecule has 1 aromatic rings. The highest BCUT2D eigenvalue weighted by Gasteiger charge is 2.40. The summed E-state index contributed by atoms with van der Waals surface area (Å²) in [5.74, 6) is 0. The second kappa shape index (κ2) is 5.19. The normalized spacial score (nSPS) is 13.1. The lowest BCUT2D eigenvalue weighted by Crippen LogP contribution is -2.31. The van der Waals surface area contributed by atoms with Crippen molar-refractivity contribution in [3.05, 3.63) is 35.9 Å². The van der Waals surface area contributed by atoms with E-state index in [1.165, 1.54) is 29.7 Å². The maximum atomic E-state index is 12.2. The Morgan fingerprint density at radius 3 is 2.00 bits per heavy atom. The third-order valence-corrected chi connectivity index (χ3v) is 1.59. The topological polar surface area (TPSA) is 32.3 Å². The largest absolute Gasteiger partial charge is 0.410 e. The van der Waals surface area contributed by atoms with E-state index in [1.807, 2.05) is 0 Å². The van der Waals surface area contributed by atoms with Gasteiger partial charge in [0.2, 0.25) is 0 Å². The van der Waals surface area contributed by atoms with Crippen molar-refractivity contribution in [3.63, 3.8) is 0 Å². The zero-order chi connectivity index (χ0) is 9.90. The lowest BCUT2D eigenvalue weighted by molar-refractivity contribution is -0.178. The summed E-state index contributed by atoms with van der Waals surface area (Å²) in [5, 5.41) is 8.35. The summed E-state index contributed by atoms with van der Waals surface area (Å²) in [7, 11) is 0. The van der Waals surface area contributed by atoms with Crippen molar-refractivity contribution in [1.29, 1.82) is 0 Å². The number of alkyl halides is 3. The van der Waals surface area contributed by atoms with Crippen LogP contribution in [0.3, 0.4) is 0 Å². The van der Waals surface area contributed by atoms with Crippen molar-refractivity contribution >= 4 is 12.4 Å². The molecule has 0 aliphatic rings. The van der Waals surface area contributed by atoms with Gasteiger partial charge in [0, 0.05) is 0 Å². The van der Waals surface area contributed by atoms with E-state index in [2.05, 4.69) is 0 Å². The van der Waals surface area contributed by atoms with Crippen LogP contribution in [-0.2, 0) is 0 Å². The molecule has 2 N–H and O–H groups in total. The van der Waals surface area contributed by atoms with E-state index in [0.29, 0.717) is 0 Å². The van der Waals surface area contributed by atoms with Crippen molar-refractivity contribution in [3.8, 4) is 0 Å². The highest BCUT2D eigenvalue weighted by Crippen LogP contribution is 2.31. The van der Waals surface area contributed by atoms with Crippen LogP contribution in [-0.4, -0.2) is 11.4 Å². The third-order valence-electron chi connectivity index (χ3n) is 1.59. The Balaban J connectivity index is 0.00000169. The van der Waals surface area contributed by atoms with Crippen LogP contribution in [0.25, 0.3) is 0 Å². The van der Waals surface area contributed by atoms with Gasteiger partial charge in [-0.2, -0.15) is 18.7 Å². The molecule has 0 radical (unpaired) electrons. The Labute approximate surface area is 85.1 Å². The number of benzene rings is 1. The van der Waals surface area contributed by atoms with Crippen LogP contribution in [0.15, 0.2) is 30.3 Å². The van der Waals surface area contributed by atoms with E-state index in [-0.39, 0.29) is 18.0 Å². The summed E-state index contributed by atoms with van der Waals surface area (Å²) < 4.78 is 36.6. The monoisotopic (exact) mass is 227 g/mol. The number of nitrogens with one attached hydrogen (secondary N) is 1. The molecule has 0 bridgehead atoms. The Morgan fingerprint density at radius 1 is 1.14 bits per heavy atom. The smallest absolute Gasteiger partial charge is 0.316 e. The first kappa shape index (κ1) is 13.2. The fraction of sp³-hybridized carbons (Fsp3) is 0.250. The zero-order valence-electron chi connectivity index (χ0n) is 6.95. The number of hydroxylamine groups is 1. The van der Waals surface area contributed by atoms with Gasteiger partial charge in [-0.05, 0) is 5.56 Å². The van der Waals surface area contributed by atoms with Crippen LogP contribution in [0.1, 0.15) is 11.6 Å². The molecule has 80 valence electrons. The summed E-state index contributed by atoms with van der Waals surface area (Å²) in [6.07, 6.45) is -4.49. The summed E-state index contributed by atoms with van der Waals surface area (Å²) in [6.45, 7) is 0. The number of hydrogen-bond donors (Lipinski definition) is 2. The van der Waals surface area contributed by atoms with E-state index in [1.54, 1.807) is 6.07 Å². The van der Waals surface area contributed by atoms with Gasteiger partial charge in [0.25, 0.3) is 0 Å². The summed E-state index contributed by atoms with van der Waals surface area (Å²) >= 11 is 0. The molecule has 1 aromatic carbocycles. The summed E-state index contributed by atoms with van der Waals surface area (Å²) in [4.78, 5) is 0. The summed E-state index contributed by atoms with van der Waals surface area (Å²) in [5.41, 5.74) is 1.22. The van der Waals surface area contributed by atoms with Crippen LogP contribution in [0.4, 0.5) is 13.2 Å². The van der Waals surface area contributed by atoms with Crippen molar-refractivity contribution < 1.29 is 18.4 Å². The van der Waals surface area contributed by atoms with Crippen LogP contribution in [0.5, 0.6) is 0 Å². The van der Waals surface area contributed by atoms with Crippen LogP contribution in [0.2, 0.25) is 0 Å². The molecule has 0 aromatic heterocycles. The van der Waals surface area contributed by atoms with Gasteiger partial charge in [0.1, 0.15) is 0 Å². The zero-order valence-corrected chi connectivity index (χ0v) is 7.77. The van der Waals surface area contributed by atoms with Crippen molar-refractivity contribution in [2.75, 3.05) is 0 Å². The standard InChI is InChI=1S/C8H8F3NO.ClH/c9-8(10,11)7(12-13)6-4-2-1-3-5-6;/h1-5,7,12-13H;1H/t7-;/m1./s1. The lowest BCUT2D eigenvalue weighted by Gasteiger charge is -2.18. The van der Waals surface area contributed by atoms with Crippen molar-refractivity contribution in [2.24, 2.45) is 0 Å². The first-order valence-corrected chi connectivity index (χ1v) is 3.57. The first-order chi connectivity index (χ1) is 6.05. The van der Waals surface area contributed by atoms with Gasteiger partial charge in [-0.1, -0.05) is 30.3 Å². The molecule has 0 aliphatic heterocycles. The minimum atomic E-state index is -4.49. The molecular formula is C8H9ClF3NO. The lowest BCUT2D eigenvalue weighted by atomic mass is 10.1. The van der Waals surface area contributed by atoms with Crippen LogP contribution < -0.4 is 5.48 Å². The predicted molar refractivity (Wildman–Crippen MR) is 47.4 cm³/mol. The molecule has 0 heterocycles. The maximum Gasteiger partial charge on any atom is 0.410 e. The van der Waals surface area contributed by atoms with E-state index >= 15 is 0 Å². The van der Waals surface area contributed by atoms with Gasteiger partial charge in [-0.15, -0.1) is 12.4 Å². The molecule has 6 heteroatoms. The van der Waals surface area contributed by atoms with Gasteiger partial charge in [0.05, 0.1) is 0 Å². The van der Waals surface area contributed by atoms with E-state index in [4.69, 9.17) is 5.21 Å². The van der Waals surface area contributed by atoms with E-state index in [9.17, 15) is 13.2 Å². The number of halogens is 4. The van der Waals surface area contributed by atoms with Gasteiger partial charge in [0.15, 0.2) is 6.04 Å². The molecular weight excluding hydrogens is 219 g/mol. The van der Waals surface area contributed by atoms with Crippen molar-refractivity contribution in [1.82, 2.24) is 5.48 Å². The molecule has 0 saturated heterocycles. The molecule has 0 amide bonds. The number of hydrogen-bond acceptors (Lipinski definition) is 2. The summed E-state index contributed by atoms with van der Waals surface area (Å²) in [6, 6.07) is 5.13. The average Bonchev–Trinajstić information content (AvgIpc) is 2.05. The highest BCUT2D eigenvalue weighted by molar-refractivity contribution is 5.85. The molecule has 14 heavy (non-hydrogen) atoms. The van der Waals surface area contributed by atoms with Crippen LogP contribution in [0, 0.1) is 0 Å². The minimum Gasteiger partial charge on any atom is -0.316 e. The molecule has 1 atom stereocenters. The van der Waals surface area contributed by atoms with Crippen molar-refractivity contribution in [2.45, 2.75) is 12.2 Å². The van der Waals surface area contributed by atoms with E-state index in [0.717, 1.165) is 0 Å². The third kappa shape index (κ3) is 3.17. The Kier molecular flexibility index (Phi) is 4.90. The number of rotatable bonds is 2. The van der Waals surface area contributed by atoms with Gasteiger partial charge in [-0.3, -0.25) is 0 Å². The van der Waals surface area contributed by atoms with Gasteiger partial charge in [-0.25, -0.2) is 0 Å². The predicted octanol–water partition coefficient (Wildman–Crippen LogP) is 2.69. The first-order valence-electron chi connectivity index (χ1n) is 3.57. The molecule has 0 aliphatic carbocycles. The molecule has 0 fully saturated rings. The average molecular weight is 228 g/mol. The Hall–Kier alpha value is -0.780. The van der Waals surface area contributed by atoms with Gasteiger partial charge >= 0.3 is 6.18 Å². The molecule has 0 spiro atoms. The Morgan fingerprint density at radius 2 is 1.64 bits per heavy atom. The second-order valence-electron chi connectivity index (χ2n) is 2.51. The second-order valence-corrected chi connectivity index (χ2v) is 2.51. The molecule has 0 unspecified atom stereocenters. The van der Waals surface area contributed by atoms with E-state index < -0.39 is 12.2 Å². The SMILES string of the molecule is Cl.ON[C@H](c1ccccc1)C(F)(F)F.